The zero-order valence-corrected chi connectivity index (χ0v) is 27.3. The number of hydrogen-bond donors (Lipinski definition) is 4. The summed E-state index contributed by atoms with van der Waals surface area (Å²) in [7, 11) is 3.50. The molecular weight excluding hydrogens is 672 g/mol. The number of nitrogen functional groups attached to an aromatic ring is 1. The molecule has 44 heavy (non-hydrogen) atoms. The van der Waals surface area contributed by atoms with Gasteiger partial charge >= 0.3 is 0 Å². The average molecular weight is 699 g/mol. The number of halogens is 1. The van der Waals surface area contributed by atoms with Gasteiger partial charge in [0.2, 0.25) is 0 Å². The van der Waals surface area contributed by atoms with Crippen molar-refractivity contribution in [2.45, 2.75) is 39.8 Å². The maximum atomic E-state index is 13.2. The molecule has 4 atom stereocenters. The summed E-state index contributed by atoms with van der Waals surface area (Å²) < 4.78 is 0.0296. The molecule has 3 aliphatic heterocycles. The summed E-state index contributed by atoms with van der Waals surface area (Å²) in [6.07, 6.45) is 4.11. The highest BCUT2D eigenvalue weighted by Gasteiger charge is 2.53. The van der Waals surface area contributed by atoms with Gasteiger partial charge in [0.1, 0.15) is 21.4 Å². The fourth-order valence-electron chi connectivity index (χ4n) is 4.96. The number of nitrogens with one attached hydrogen (secondary N) is 1. The molecule has 2 aromatic rings. The fraction of sp³-hybridized carbons (Fsp3) is 0.400. The largest absolute Gasteiger partial charge is 0.543 e. The van der Waals surface area contributed by atoms with E-state index in [2.05, 4.69) is 25.8 Å². The van der Waals surface area contributed by atoms with E-state index in [1.165, 1.54) is 23.5 Å². The van der Waals surface area contributed by atoms with Crippen molar-refractivity contribution in [1.82, 2.24) is 25.1 Å². The van der Waals surface area contributed by atoms with Gasteiger partial charge in [0.15, 0.2) is 16.9 Å². The van der Waals surface area contributed by atoms with Crippen LogP contribution < -0.4 is 21.5 Å². The molecule has 14 nitrogen and oxygen atoms in total. The zero-order chi connectivity index (χ0) is 31.7. The number of carbonyl (C=O) groups excluding carboxylic acids is 4. The Morgan fingerprint density at radius 3 is 2.82 bits per heavy atom. The Morgan fingerprint density at radius 2 is 2.16 bits per heavy atom. The molecule has 0 aliphatic carbocycles. The topological polar surface area (TPSA) is 211 Å². The molecule has 3 aliphatic rings. The standard InChI is InChI=1S/C25H27ClN8O6S4/c1-33(2)21(36)12-5-11(7-29-12)41-8-10-6-28-4-3-13(10)43-14-9-42-23-17(22(37)34(23)18(14)24(38)39)30-20(35)16(32-40)15-19(26)44-25(27)31-15/h3-4,6,11-12,17,23,29,40H,5,7-9H2,1-2H3,(H2,27,31)(H,30,35)(H,38,39)/b32-16-/t11?,12-,17+,23+/m0/s1. The molecule has 234 valence electrons. The van der Waals surface area contributed by atoms with Gasteiger partial charge in [0.05, 0.1) is 23.5 Å². The molecule has 0 aromatic carbocycles. The summed E-state index contributed by atoms with van der Waals surface area (Å²) in [6, 6.07) is 0.616. The number of thioether (sulfide) groups is 3. The Kier molecular flexibility index (Phi) is 9.96. The Labute approximate surface area is 273 Å². The van der Waals surface area contributed by atoms with Crippen LogP contribution in [-0.2, 0) is 24.9 Å². The minimum absolute atomic E-state index is 0.0296. The van der Waals surface area contributed by atoms with Crippen molar-refractivity contribution in [2.75, 3.05) is 32.1 Å². The lowest BCUT2D eigenvalue weighted by Crippen LogP contribution is -2.89. The van der Waals surface area contributed by atoms with Crippen molar-refractivity contribution in [1.29, 1.82) is 0 Å². The van der Waals surface area contributed by atoms with Gasteiger partial charge in [-0.25, -0.2) is 4.98 Å². The molecule has 19 heteroatoms. The second-order valence-electron chi connectivity index (χ2n) is 10.1. The SMILES string of the molecule is CN(C)C(=O)[C@@H]1CC(SCc2cnccc2SC2=C(C(=O)[O-])N3C(=O)[C@@H](NC(=O)/C(=N\O)c4nc(N)sc4Cl)[C@H]3SC2)C[NH2+]1. The van der Waals surface area contributed by atoms with Gasteiger partial charge in [0, 0.05) is 54.2 Å². The number of aliphatic carboxylic acids is 1. The lowest BCUT2D eigenvalue weighted by Gasteiger charge is -2.50. The monoisotopic (exact) mass is 698 g/mol. The first-order valence-corrected chi connectivity index (χ1v) is 17.2. The number of quaternary nitrogens is 1. The third kappa shape index (κ3) is 6.50. The summed E-state index contributed by atoms with van der Waals surface area (Å²) in [5, 5.41) is 28.9. The minimum Gasteiger partial charge on any atom is -0.543 e. The number of likely N-dealkylation sites (N-methyl/N-ethyl adjacent to an activating group) is 1. The normalized spacial score (nSPS) is 23.3. The summed E-state index contributed by atoms with van der Waals surface area (Å²) in [4.78, 5) is 62.7. The van der Waals surface area contributed by atoms with Gasteiger partial charge in [-0.15, -0.1) is 23.5 Å². The number of thiazole rings is 1. The van der Waals surface area contributed by atoms with E-state index >= 15 is 0 Å². The van der Waals surface area contributed by atoms with Gasteiger partial charge in [0.25, 0.3) is 17.7 Å². The lowest BCUT2D eigenvalue weighted by atomic mass is 10.0. The van der Waals surface area contributed by atoms with Crippen molar-refractivity contribution >= 4 is 92.8 Å². The number of carbonyl (C=O) groups is 4. The van der Waals surface area contributed by atoms with E-state index in [1.54, 1.807) is 49.2 Å². The maximum absolute atomic E-state index is 13.2. The summed E-state index contributed by atoms with van der Waals surface area (Å²) in [6.45, 7) is 0.820. The first-order valence-electron chi connectivity index (χ1n) is 13.1. The number of nitrogens with zero attached hydrogens (tertiary/aromatic N) is 5. The number of pyridine rings is 1. The van der Waals surface area contributed by atoms with Gasteiger partial charge in [-0.05, 0) is 11.6 Å². The molecule has 2 aromatic heterocycles. The lowest BCUT2D eigenvalue weighted by molar-refractivity contribution is -0.657. The van der Waals surface area contributed by atoms with E-state index in [0.717, 1.165) is 39.7 Å². The third-order valence-corrected chi connectivity index (χ3v) is 12.2. The number of anilines is 1. The highest BCUT2D eigenvalue weighted by molar-refractivity contribution is 8.06. The van der Waals surface area contributed by atoms with Crippen molar-refractivity contribution < 1.29 is 34.8 Å². The molecule has 3 amide bonds. The predicted molar refractivity (Wildman–Crippen MR) is 166 cm³/mol. The molecular formula is C25H27ClN8O6S4. The van der Waals surface area contributed by atoms with Crippen molar-refractivity contribution in [2.24, 2.45) is 5.16 Å². The molecule has 2 fully saturated rings. The molecule has 6 N–H and O–H groups in total. The number of carboxylic acid groups (broad SMARTS) is 1. The molecule has 1 unspecified atom stereocenters. The number of nitrogens with two attached hydrogens (primary N) is 2. The van der Waals surface area contributed by atoms with Crippen LogP contribution in [0.15, 0.2) is 39.1 Å². The Hall–Kier alpha value is -3.03. The summed E-state index contributed by atoms with van der Waals surface area (Å²) in [5.74, 6) is -2.14. The first-order chi connectivity index (χ1) is 21.0. The third-order valence-electron chi connectivity index (χ3n) is 7.08. The van der Waals surface area contributed by atoms with Gasteiger partial charge in [-0.1, -0.05) is 39.9 Å². The number of β-lactam (4-membered cyclic amide) rings is 1. The van der Waals surface area contributed by atoms with Crippen molar-refractivity contribution in [3.63, 3.8) is 0 Å². The van der Waals surface area contributed by atoms with Crippen molar-refractivity contribution in [3.05, 3.63) is 44.7 Å². The van der Waals surface area contributed by atoms with Crippen molar-refractivity contribution in [3.8, 4) is 0 Å². The summed E-state index contributed by atoms with van der Waals surface area (Å²) in [5.41, 5.74) is 5.59. The minimum atomic E-state index is -1.51. The van der Waals surface area contributed by atoms with E-state index in [9.17, 15) is 29.5 Å². The summed E-state index contributed by atoms with van der Waals surface area (Å²) >= 11 is 11.2. The average Bonchev–Trinajstić information content (AvgIpc) is 3.60. The second kappa shape index (κ2) is 13.5. The number of oxime groups is 1. The predicted octanol–water partition coefficient (Wildman–Crippen LogP) is -0.869. The van der Waals surface area contributed by atoms with Gasteiger partial charge in [-0.3, -0.25) is 24.3 Å². The Bertz CT molecular complexity index is 1570. The van der Waals surface area contributed by atoms with Crippen LogP contribution in [0.4, 0.5) is 5.13 Å². The first kappa shape index (κ1) is 32.4. The highest BCUT2D eigenvalue weighted by atomic mass is 35.5. The Balaban J connectivity index is 1.27. The van der Waals surface area contributed by atoms with E-state index < -0.39 is 34.9 Å². The van der Waals surface area contributed by atoms with Crippen LogP contribution in [0, 0.1) is 0 Å². The van der Waals surface area contributed by atoms with Gasteiger partial charge in [-0.2, -0.15) is 0 Å². The van der Waals surface area contributed by atoms with Crippen LogP contribution in [0.1, 0.15) is 17.7 Å². The number of hydrogen-bond acceptors (Lipinski definition) is 14. The van der Waals surface area contributed by atoms with Crippen LogP contribution >= 0.6 is 58.2 Å². The van der Waals surface area contributed by atoms with E-state index in [1.807, 2.05) is 0 Å². The second-order valence-corrected chi connectivity index (χ2v) is 15.3. The number of amides is 3. The number of rotatable bonds is 10. The molecule has 0 radical (unpaired) electrons. The quantitative estimate of drug-likeness (QED) is 0.103. The van der Waals surface area contributed by atoms with E-state index in [-0.39, 0.29) is 43.8 Å². The number of aromatic nitrogens is 2. The number of fused-ring (bicyclic) bond motifs is 1. The molecule has 5 rings (SSSR count). The fourth-order valence-corrected chi connectivity index (χ4v) is 9.77. The highest BCUT2D eigenvalue weighted by Crippen LogP contribution is 2.46. The molecule has 0 saturated carbocycles. The molecule has 0 spiro atoms. The molecule has 0 bridgehead atoms. The molecule has 2 saturated heterocycles. The maximum Gasteiger partial charge on any atom is 0.280 e. The molecule has 5 heterocycles. The number of carboxylic acids is 1. The van der Waals surface area contributed by atoms with E-state index in [4.69, 9.17) is 17.3 Å². The Morgan fingerprint density at radius 1 is 1.39 bits per heavy atom. The zero-order valence-electron chi connectivity index (χ0n) is 23.3. The smallest absolute Gasteiger partial charge is 0.280 e. The van der Waals surface area contributed by atoms with Crippen LogP contribution in [0.5, 0.6) is 0 Å². The van der Waals surface area contributed by atoms with Crippen LogP contribution in [-0.4, -0.2) is 103 Å². The van der Waals surface area contributed by atoms with Crippen LogP contribution in [0.2, 0.25) is 4.34 Å². The van der Waals surface area contributed by atoms with Gasteiger partial charge < -0.3 is 36.4 Å². The van der Waals surface area contributed by atoms with Crippen LogP contribution in [0.25, 0.3) is 0 Å². The van der Waals surface area contributed by atoms with Crippen LogP contribution in [0.3, 0.4) is 0 Å². The van der Waals surface area contributed by atoms with E-state index in [0.29, 0.717) is 10.7 Å².